The molecular formula is C14H21N3O3S. The zero-order chi connectivity index (χ0) is 15.5. The molecule has 0 aliphatic rings. The Kier molecular flexibility index (Phi) is 8.11. The molecule has 0 fully saturated rings. The van der Waals surface area contributed by atoms with Gasteiger partial charge in [0.15, 0.2) is 0 Å². The van der Waals surface area contributed by atoms with Gasteiger partial charge in [0.05, 0.1) is 11.4 Å². The molecule has 116 valence electrons. The topological polar surface area (TPSA) is 87.3 Å². The maximum absolute atomic E-state index is 11.6. The van der Waals surface area contributed by atoms with Gasteiger partial charge < -0.3 is 16.0 Å². The summed E-state index contributed by atoms with van der Waals surface area (Å²) >= 11 is 1.38. The van der Waals surface area contributed by atoms with Crippen LogP contribution >= 0.6 is 11.3 Å². The average molecular weight is 311 g/mol. The number of carbonyl (C=O) groups is 3. The summed E-state index contributed by atoms with van der Waals surface area (Å²) in [6, 6.07) is 3.57. The van der Waals surface area contributed by atoms with Gasteiger partial charge in [-0.3, -0.25) is 14.4 Å². The standard InChI is InChI=1S/C14H21N3O3S/c1-2-7-15-13(19)10-17-12(18)6-3-8-16-14(20)11-5-4-9-21-11/h4-5,9H,2-3,6-8,10H2,1H3,(H,15,19)(H,16,20)(H,17,18). The number of rotatable bonds is 9. The number of hydrogen-bond donors (Lipinski definition) is 3. The summed E-state index contributed by atoms with van der Waals surface area (Å²) in [5.41, 5.74) is 0. The predicted octanol–water partition coefficient (Wildman–Crippen LogP) is 0.900. The predicted molar refractivity (Wildman–Crippen MR) is 82.2 cm³/mol. The van der Waals surface area contributed by atoms with Crippen molar-refractivity contribution < 1.29 is 14.4 Å². The maximum Gasteiger partial charge on any atom is 0.261 e. The molecule has 0 radical (unpaired) electrons. The van der Waals surface area contributed by atoms with Crippen LogP contribution in [-0.4, -0.2) is 37.4 Å². The first-order valence-electron chi connectivity index (χ1n) is 6.98. The van der Waals surface area contributed by atoms with Gasteiger partial charge in [-0.25, -0.2) is 0 Å². The Morgan fingerprint density at radius 3 is 2.57 bits per heavy atom. The summed E-state index contributed by atoms with van der Waals surface area (Å²) in [5.74, 6) is -0.493. The minimum atomic E-state index is -0.188. The fourth-order valence-corrected chi connectivity index (χ4v) is 2.18. The molecule has 7 heteroatoms. The van der Waals surface area contributed by atoms with Crippen LogP contribution in [-0.2, 0) is 9.59 Å². The average Bonchev–Trinajstić information content (AvgIpc) is 3.01. The molecule has 3 amide bonds. The number of thiophene rings is 1. The molecule has 0 unspecified atom stereocenters. The highest BCUT2D eigenvalue weighted by Crippen LogP contribution is 2.07. The second kappa shape index (κ2) is 9.93. The van der Waals surface area contributed by atoms with Crippen LogP contribution in [0.2, 0.25) is 0 Å². The van der Waals surface area contributed by atoms with E-state index in [1.807, 2.05) is 18.4 Å². The largest absolute Gasteiger partial charge is 0.355 e. The van der Waals surface area contributed by atoms with Crippen molar-refractivity contribution in [1.82, 2.24) is 16.0 Å². The molecule has 0 aliphatic carbocycles. The van der Waals surface area contributed by atoms with Gasteiger partial charge >= 0.3 is 0 Å². The van der Waals surface area contributed by atoms with E-state index in [9.17, 15) is 14.4 Å². The SMILES string of the molecule is CCCNC(=O)CNC(=O)CCCNC(=O)c1cccs1. The van der Waals surface area contributed by atoms with Crippen molar-refractivity contribution >= 4 is 29.1 Å². The lowest BCUT2D eigenvalue weighted by atomic mass is 10.3. The summed E-state index contributed by atoms with van der Waals surface area (Å²) in [6.45, 7) is 3.01. The number of nitrogens with one attached hydrogen (secondary N) is 3. The summed E-state index contributed by atoms with van der Waals surface area (Å²) < 4.78 is 0. The van der Waals surface area contributed by atoms with Gasteiger partial charge in [0.2, 0.25) is 11.8 Å². The van der Waals surface area contributed by atoms with Crippen molar-refractivity contribution in [3.63, 3.8) is 0 Å². The quantitative estimate of drug-likeness (QED) is 0.592. The third-order valence-electron chi connectivity index (χ3n) is 2.63. The van der Waals surface area contributed by atoms with Gasteiger partial charge in [0.25, 0.3) is 5.91 Å². The third kappa shape index (κ3) is 7.45. The first-order chi connectivity index (χ1) is 10.1. The summed E-state index contributed by atoms with van der Waals surface area (Å²) in [5, 5.41) is 9.81. The summed E-state index contributed by atoms with van der Waals surface area (Å²) in [4.78, 5) is 35.0. The fourth-order valence-electron chi connectivity index (χ4n) is 1.54. The molecule has 1 heterocycles. The van der Waals surface area contributed by atoms with Crippen LogP contribution in [0.3, 0.4) is 0 Å². The van der Waals surface area contributed by atoms with E-state index >= 15 is 0 Å². The molecule has 0 bridgehead atoms. The van der Waals surface area contributed by atoms with Crippen molar-refractivity contribution in [2.24, 2.45) is 0 Å². The van der Waals surface area contributed by atoms with Crippen LogP contribution in [0, 0.1) is 0 Å². The molecule has 0 atom stereocenters. The van der Waals surface area contributed by atoms with E-state index in [0.29, 0.717) is 24.4 Å². The second-order valence-electron chi connectivity index (χ2n) is 4.46. The van der Waals surface area contributed by atoms with E-state index in [1.165, 1.54) is 11.3 Å². The van der Waals surface area contributed by atoms with Gasteiger partial charge in [-0.05, 0) is 24.3 Å². The third-order valence-corrected chi connectivity index (χ3v) is 3.50. The molecule has 21 heavy (non-hydrogen) atoms. The minimum absolute atomic E-state index is 0.000385. The van der Waals surface area contributed by atoms with Crippen molar-refractivity contribution in [2.45, 2.75) is 26.2 Å². The van der Waals surface area contributed by atoms with Crippen LogP contribution in [0.5, 0.6) is 0 Å². The van der Waals surface area contributed by atoms with E-state index in [-0.39, 0.29) is 30.7 Å². The normalized spacial score (nSPS) is 9.95. The number of carbonyl (C=O) groups excluding carboxylic acids is 3. The first kappa shape index (κ1) is 17.2. The van der Waals surface area contributed by atoms with Gasteiger partial charge in [0, 0.05) is 19.5 Å². The van der Waals surface area contributed by atoms with Crippen molar-refractivity contribution in [3.8, 4) is 0 Å². The minimum Gasteiger partial charge on any atom is -0.355 e. The van der Waals surface area contributed by atoms with E-state index in [2.05, 4.69) is 16.0 Å². The Morgan fingerprint density at radius 2 is 1.90 bits per heavy atom. The van der Waals surface area contributed by atoms with E-state index < -0.39 is 0 Å². The van der Waals surface area contributed by atoms with Crippen LogP contribution in [0.4, 0.5) is 0 Å². The van der Waals surface area contributed by atoms with Crippen LogP contribution in [0.25, 0.3) is 0 Å². The molecule has 0 aromatic carbocycles. The van der Waals surface area contributed by atoms with Gasteiger partial charge in [0.1, 0.15) is 0 Å². The fraction of sp³-hybridized carbons (Fsp3) is 0.500. The highest BCUT2D eigenvalue weighted by atomic mass is 32.1. The molecule has 0 aliphatic heterocycles. The smallest absolute Gasteiger partial charge is 0.261 e. The van der Waals surface area contributed by atoms with Crippen molar-refractivity contribution in [1.29, 1.82) is 0 Å². The molecule has 1 rings (SSSR count). The lowest BCUT2D eigenvalue weighted by Crippen LogP contribution is -2.37. The maximum atomic E-state index is 11.6. The van der Waals surface area contributed by atoms with Crippen LogP contribution in [0.15, 0.2) is 17.5 Å². The highest BCUT2D eigenvalue weighted by Gasteiger charge is 2.07. The lowest BCUT2D eigenvalue weighted by molar-refractivity contribution is -0.126. The molecule has 0 spiro atoms. The molecule has 1 aromatic rings. The molecule has 6 nitrogen and oxygen atoms in total. The Bertz CT molecular complexity index is 460. The summed E-state index contributed by atoms with van der Waals surface area (Å²) in [6.07, 6.45) is 1.69. The van der Waals surface area contributed by atoms with Gasteiger partial charge in [-0.1, -0.05) is 13.0 Å². The molecule has 3 N–H and O–H groups in total. The van der Waals surface area contributed by atoms with E-state index in [0.717, 1.165) is 6.42 Å². The van der Waals surface area contributed by atoms with Gasteiger partial charge in [-0.2, -0.15) is 0 Å². The van der Waals surface area contributed by atoms with Gasteiger partial charge in [-0.15, -0.1) is 11.3 Å². The van der Waals surface area contributed by atoms with Crippen molar-refractivity contribution in [3.05, 3.63) is 22.4 Å². The zero-order valence-corrected chi connectivity index (χ0v) is 12.9. The van der Waals surface area contributed by atoms with Crippen LogP contribution in [0.1, 0.15) is 35.9 Å². The summed E-state index contributed by atoms with van der Waals surface area (Å²) in [7, 11) is 0. The van der Waals surface area contributed by atoms with Crippen LogP contribution < -0.4 is 16.0 Å². The monoisotopic (exact) mass is 311 g/mol. The Hall–Kier alpha value is -1.89. The van der Waals surface area contributed by atoms with Crippen molar-refractivity contribution in [2.75, 3.05) is 19.6 Å². The molecule has 1 aromatic heterocycles. The van der Waals surface area contributed by atoms with E-state index in [4.69, 9.17) is 0 Å². The Balaban J connectivity index is 2.05. The van der Waals surface area contributed by atoms with E-state index in [1.54, 1.807) is 6.07 Å². The zero-order valence-electron chi connectivity index (χ0n) is 12.1. The lowest BCUT2D eigenvalue weighted by Gasteiger charge is -2.06. The highest BCUT2D eigenvalue weighted by molar-refractivity contribution is 7.12. The molecule has 0 saturated heterocycles. The molecule has 0 saturated carbocycles. The number of hydrogen-bond acceptors (Lipinski definition) is 4. The Labute approximate surface area is 128 Å². The first-order valence-corrected chi connectivity index (χ1v) is 7.86. The molecular weight excluding hydrogens is 290 g/mol. The Morgan fingerprint density at radius 1 is 1.10 bits per heavy atom. The second-order valence-corrected chi connectivity index (χ2v) is 5.41. The number of amides is 3.